The van der Waals surface area contributed by atoms with E-state index < -0.39 is 0 Å². The minimum atomic E-state index is 0.0147. The predicted molar refractivity (Wildman–Crippen MR) is 90.0 cm³/mol. The number of hydrogen-bond donors (Lipinski definition) is 1. The molecule has 4 heterocycles. The third-order valence-electron chi connectivity index (χ3n) is 6.73. The van der Waals surface area contributed by atoms with Crippen molar-refractivity contribution in [2.75, 3.05) is 5.01 Å². The number of rotatable bonds is 3. The third kappa shape index (κ3) is 1.96. The molecule has 1 N–H and O–H groups in total. The number of fused-ring (bicyclic) bond motifs is 4. The van der Waals surface area contributed by atoms with Gasteiger partial charge in [-0.3, -0.25) is 9.78 Å². The van der Waals surface area contributed by atoms with Crippen molar-refractivity contribution in [3.05, 3.63) is 18.6 Å². The molecule has 1 amide bonds. The van der Waals surface area contributed by atoms with Crippen molar-refractivity contribution in [2.45, 2.75) is 62.3 Å². The first-order chi connectivity index (χ1) is 12.2. The van der Waals surface area contributed by atoms with Crippen LogP contribution in [0.1, 0.15) is 38.5 Å². The maximum atomic E-state index is 13.0. The molecule has 0 spiro atoms. The van der Waals surface area contributed by atoms with Crippen LogP contribution in [-0.4, -0.2) is 45.4 Å². The Morgan fingerprint density at radius 3 is 2.88 bits per heavy atom. The average Bonchev–Trinajstić information content (AvgIpc) is 3.13. The molecule has 6 aliphatic rings. The number of carbonyl (C=O) groups excluding carboxylic acids is 1. The first-order valence-corrected chi connectivity index (χ1v) is 9.32. The number of hydrogen-bond acceptors (Lipinski definition) is 6. The fourth-order valence-electron chi connectivity index (χ4n) is 5.46. The molecule has 1 aromatic heterocycles. The number of nitrogens with one attached hydrogen (secondary N) is 1. The van der Waals surface area contributed by atoms with E-state index in [4.69, 9.17) is 9.84 Å². The van der Waals surface area contributed by atoms with Crippen LogP contribution in [0.2, 0.25) is 0 Å². The van der Waals surface area contributed by atoms with Crippen LogP contribution >= 0.6 is 0 Å². The summed E-state index contributed by atoms with van der Waals surface area (Å²) < 4.78 is 6.14. The molecule has 0 radical (unpaired) electrons. The Labute approximate surface area is 145 Å². The van der Waals surface area contributed by atoms with Crippen molar-refractivity contribution in [3.63, 3.8) is 0 Å². The summed E-state index contributed by atoms with van der Waals surface area (Å²) in [6, 6.07) is 0.0595. The summed E-state index contributed by atoms with van der Waals surface area (Å²) in [5.74, 6) is 1.68. The summed E-state index contributed by atoms with van der Waals surface area (Å²) >= 11 is 0. The van der Waals surface area contributed by atoms with Gasteiger partial charge in [0.2, 0.25) is 0 Å². The van der Waals surface area contributed by atoms with E-state index in [1.165, 1.54) is 0 Å². The largest absolute Gasteiger partial charge is 0.373 e. The molecule has 7 heteroatoms. The number of hydrazone groups is 1. The number of amides is 1. The number of aromatic nitrogens is 2. The zero-order valence-corrected chi connectivity index (χ0v) is 14.0. The predicted octanol–water partition coefficient (Wildman–Crippen LogP) is 1.26. The van der Waals surface area contributed by atoms with E-state index in [1.54, 1.807) is 18.6 Å². The highest BCUT2D eigenvalue weighted by Gasteiger charge is 2.59. The van der Waals surface area contributed by atoms with Gasteiger partial charge in [0.1, 0.15) is 5.71 Å². The monoisotopic (exact) mass is 339 g/mol. The lowest BCUT2D eigenvalue weighted by Gasteiger charge is -2.61. The molecular weight excluding hydrogens is 318 g/mol. The SMILES string of the molecule is O=C(NC12CC(C1)C2)C1=NN(c2cnccn2)C2C3CCC(CC12)O3. The second-order valence-electron chi connectivity index (χ2n) is 8.31. The molecule has 4 bridgehead atoms. The van der Waals surface area contributed by atoms with Crippen molar-refractivity contribution in [3.8, 4) is 0 Å². The minimum absolute atomic E-state index is 0.0147. The quantitative estimate of drug-likeness (QED) is 0.897. The Balaban J connectivity index is 1.34. The molecule has 3 saturated carbocycles. The van der Waals surface area contributed by atoms with Gasteiger partial charge in [-0.25, -0.2) is 9.99 Å². The molecule has 3 aliphatic heterocycles. The van der Waals surface area contributed by atoms with Gasteiger partial charge < -0.3 is 10.1 Å². The van der Waals surface area contributed by atoms with E-state index >= 15 is 0 Å². The van der Waals surface area contributed by atoms with Gasteiger partial charge in [-0.05, 0) is 44.4 Å². The van der Waals surface area contributed by atoms with E-state index in [2.05, 4.69) is 15.3 Å². The molecule has 5 fully saturated rings. The Bertz CT molecular complexity index is 749. The van der Waals surface area contributed by atoms with E-state index in [0.29, 0.717) is 11.5 Å². The highest BCUT2D eigenvalue weighted by atomic mass is 16.5. The standard InChI is InChI=1S/C18H21N5O2/c24-17(21-18-6-10(7-18)8-18)15-12-5-11-1-2-13(25-11)16(12)23(22-15)14-9-19-3-4-20-14/h3-4,9-13,16H,1-2,5-8H2,(H,21,24). The summed E-state index contributed by atoms with van der Waals surface area (Å²) in [7, 11) is 0. The minimum Gasteiger partial charge on any atom is -0.373 e. The molecule has 7 rings (SSSR count). The summed E-state index contributed by atoms with van der Waals surface area (Å²) in [4.78, 5) is 21.6. The van der Waals surface area contributed by atoms with E-state index in [9.17, 15) is 4.79 Å². The summed E-state index contributed by atoms with van der Waals surface area (Å²) in [5.41, 5.74) is 0.741. The van der Waals surface area contributed by atoms with Crippen molar-refractivity contribution in [1.82, 2.24) is 15.3 Å². The van der Waals surface area contributed by atoms with Crippen LogP contribution in [0, 0.1) is 11.8 Å². The van der Waals surface area contributed by atoms with Crippen LogP contribution in [0.5, 0.6) is 0 Å². The Kier molecular flexibility index (Phi) is 2.71. The zero-order valence-electron chi connectivity index (χ0n) is 14.0. The van der Waals surface area contributed by atoms with Gasteiger partial charge in [-0.2, -0.15) is 5.10 Å². The van der Waals surface area contributed by atoms with Crippen molar-refractivity contribution in [2.24, 2.45) is 16.9 Å². The van der Waals surface area contributed by atoms with Crippen molar-refractivity contribution in [1.29, 1.82) is 0 Å². The smallest absolute Gasteiger partial charge is 0.268 e. The maximum absolute atomic E-state index is 13.0. The van der Waals surface area contributed by atoms with Crippen LogP contribution in [0.25, 0.3) is 0 Å². The molecule has 0 aromatic carbocycles. The second kappa shape index (κ2) is 4.78. The van der Waals surface area contributed by atoms with Crippen molar-refractivity contribution >= 4 is 17.4 Å². The van der Waals surface area contributed by atoms with Gasteiger partial charge in [0, 0.05) is 23.9 Å². The van der Waals surface area contributed by atoms with Crippen LogP contribution < -0.4 is 10.3 Å². The molecule has 4 atom stereocenters. The first-order valence-electron chi connectivity index (χ1n) is 9.32. The van der Waals surface area contributed by atoms with Gasteiger partial charge in [-0.15, -0.1) is 0 Å². The average molecular weight is 339 g/mol. The molecule has 4 unspecified atom stereocenters. The number of ether oxygens (including phenoxy) is 1. The highest BCUT2D eigenvalue weighted by molar-refractivity contribution is 6.40. The lowest BCUT2D eigenvalue weighted by atomic mass is 9.50. The van der Waals surface area contributed by atoms with Gasteiger partial charge in [0.15, 0.2) is 5.82 Å². The molecule has 2 saturated heterocycles. The Morgan fingerprint density at radius 2 is 2.16 bits per heavy atom. The number of carbonyl (C=O) groups is 1. The van der Waals surface area contributed by atoms with Crippen molar-refractivity contribution < 1.29 is 9.53 Å². The summed E-state index contributed by atoms with van der Waals surface area (Å²) in [6.45, 7) is 0. The zero-order chi connectivity index (χ0) is 16.6. The lowest BCUT2D eigenvalue weighted by Crippen LogP contribution is -2.69. The topological polar surface area (TPSA) is 79.7 Å². The highest BCUT2D eigenvalue weighted by Crippen LogP contribution is 2.57. The number of anilines is 1. The fraction of sp³-hybridized carbons (Fsp3) is 0.667. The van der Waals surface area contributed by atoms with Crippen LogP contribution in [-0.2, 0) is 9.53 Å². The van der Waals surface area contributed by atoms with Gasteiger partial charge in [-0.1, -0.05) is 0 Å². The Hall–Kier alpha value is -2.02. The summed E-state index contributed by atoms with van der Waals surface area (Å²) in [6.07, 6.45) is 11.8. The van der Waals surface area contributed by atoms with Gasteiger partial charge >= 0.3 is 0 Å². The normalized spacial score (nSPS) is 43.0. The van der Waals surface area contributed by atoms with E-state index in [0.717, 1.165) is 44.4 Å². The number of nitrogens with zero attached hydrogens (tertiary/aromatic N) is 4. The Morgan fingerprint density at radius 1 is 1.28 bits per heavy atom. The molecule has 25 heavy (non-hydrogen) atoms. The van der Waals surface area contributed by atoms with Crippen LogP contribution in [0.4, 0.5) is 5.82 Å². The second-order valence-corrected chi connectivity index (χ2v) is 8.31. The molecule has 1 aromatic rings. The van der Waals surface area contributed by atoms with Crippen LogP contribution in [0.3, 0.4) is 0 Å². The summed E-state index contributed by atoms with van der Waals surface area (Å²) in [5, 5.41) is 9.91. The molecular formula is C18H21N5O2. The van der Waals surface area contributed by atoms with E-state index in [-0.39, 0.29) is 35.6 Å². The van der Waals surface area contributed by atoms with Gasteiger partial charge in [0.05, 0.1) is 24.4 Å². The third-order valence-corrected chi connectivity index (χ3v) is 6.73. The van der Waals surface area contributed by atoms with Gasteiger partial charge in [0.25, 0.3) is 5.91 Å². The van der Waals surface area contributed by atoms with E-state index in [1.807, 2.05) is 5.01 Å². The maximum Gasteiger partial charge on any atom is 0.268 e. The van der Waals surface area contributed by atoms with Crippen LogP contribution in [0.15, 0.2) is 23.7 Å². The molecule has 7 nitrogen and oxygen atoms in total. The lowest BCUT2D eigenvalue weighted by molar-refractivity contribution is -0.126. The fourth-order valence-corrected chi connectivity index (χ4v) is 5.46. The first kappa shape index (κ1) is 14.2. The molecule has 130 valence electrons. The molecule has 3 aliphatic carbocycles.